The van der Waals surface area contributed by atoms with Crippen molar-refractivity contribution in [2.24, 2.45) is 0 Å². The largest absolute Gasteiger partial charge is 0.579 e. The molecule has 0 amide bonds. The molecular formula is C26H47O4+. The number of hydrogen-bond acceptors (Lipinski definition) is 3. The second kappa shape index (κ2) is 23.8. The molecule has 0 aliphatic heterocycles. The second-order valence-electron chi connectivity index (χ2n) is 8.13. The third kappa shape index (κ3) is 22.8. The summed E-state index contributed by atoms with van der Waals surface area (Å²) in [6.07, 6.45) is 25.5. The predicted octanol–water partition coefficient (Wildman–Crippen LogP) is 7.41. The van der Waals surface area contributed by atoms with E-state index in [9.17, 15) is 9.59 Å². The van der Waals surface area contributed by atoms with Crippen LogP contribution in [0.3, 0.4) is 0 Å². The summed E-state index contributed by atoms with van der Waals surface area (Å²) >= 11 is 0. The fourth-order valence-corrected chi connectivity index (χ4v) is 3.24. The first-order valence-corrected chi connectivity index (χ1v) is 12.5. The van der Waals surface area contributed by atoms with Gasteiger partial charge >= 0.3 is 11.9 Å². The molecule has 0 N–H and O–H groups in total. The van der Waals surface area contributed by atoms with Gasteiger partial charge in [0.2, 0.25) is 6.29 Å². The molecule has 0 fully saturated rings. The maximum absolute atomic E-state index is 11.7. The minimum atomic E-state index is -0.239. The third-order valence-corrected chi connectivity index (χ3v) is 5.15. The minimum Gasteiger partial charge on any atom is -0.455 e. The second-order valence-corrected chi connectivity index (χ2v) is 8.13. The van der Waals surface area contributed by atoms with E-state index in [4.69, 9.17) is 9.16 Å². The zero-order valence-corrected chi connectivity index (χ0v) is 19.8. The zero-order valence-electron chi connectivity index (χ0n) is 19.8. The summed E-state index contributed by atoms with van der Waals surface area (Å²) < 4.78 is 10.1. The molecule has 0 aliphatic carbocycles. The fraction of sp³-hybridized carbons (Fsp3) is 0.808. The molecule has 0 saturated carbocycles. The van der Waals surface area contributed by atoms with Gasteiger partial charge in [0.05, 0.1) is 0 Å². The highest BCUT2D eigenvalue weighted by Gasteiger charge is 2.11. The Morgan fingerprint density at radius 2 is 1.17 bits per heavy atom. The van der Waals surface area contributed by atoms with Gasteiger partial charge in [0.15, 0.2) is 6.61 Å². The van der Waals surface area contributed by atoms with E-state index in [1.807, 2.05) is 0 Å². The third-order valence-electron chi connectivity index (χ3n) is 5.15. The van der Waals surface area contributed by atoms with Gasteiger partial charge in [0.1, 0.15) is 6.42 Å². The van der Waals surface area contributed by atoms with Gasteiger partial charge in [-0.2, -0.15) is 0 Å². The van der Waals surface area contributed by atoms with Crippen LogP contribution in [0.5, 0.6) is 0 Å². The van der Waals surface area contributed by atoms with Crippen LogP contribution >= 0.6 is 0 Å². The molecule has 0 atom stereocenters. The van der Waals surface area contributed by atoms with Gasteiger partial charge in [-0.1, -0.05) is 90.2 Å². The summed E-state index contributed by atoms with van der Waals surface area (Å²) in [4.78, 5) is 23.3. The van der Waals surface area contributed by atoms with E-state index in [-0.39, 0.29) is 18.5 Å². The molecule has 0 rings (SSSR count). The van der Waals surface area contributed by atoms with Gasteiger partial charge in [0.25, 0.3) is 0 Å². The van der Waals surface area contributed by atoms with E-state index in [2.05, 4.69) is 26.0 Å². The summed E-state index contributed by atoms with van der Waals surface area (Å²) in [5, 5.41) is 0. The predicted molar refractivity (Wildman–Crippen MR) is 126 cm³/mol. The van der Waals surface area contributed by atoms with Crippen LogP contribution in [0.2, 0.25) is 0 Å². The molecule has 0 unspecified atom stereocenters. The Morgan fingerprint density at radius 1 is 0.667 bits per heavy atom. The Hall–Kier alpha value is -1.45. The van der Waals surface area contributed by atoms with E-state index in [0.717, 1.165) is 25.7 Å². The molecule has 0 aromatic heterocycles. The van der Waals surface area contributed by atoms with Gasteiger partial charge in [0, 0.05) is 11.2 Å². The Morgan fingerprint density at radius 3 is 1.83 bits per heavy atom. The first-order chi connectivity index (χ1) is 14.7. The molecule has 174 valence electrons. The number of rotatable bonds is 21. The van der Waals surface area contributed by atoms with Crippen molar-refractivity contribution < 1.29 is 18.8 Å². The standard InChI is InChI=1S/C26H47O4/c1-3-5-7-9-11-12-13-14-15-16-18-20-22-26(28)30-24-23-29-25(27)21-19-17-10-8-6-4-2/h11-12,23H,3-10,13-22,24H2,1-2H3/q+1/b12-11-. The van der Waals surface area contributed by atoms with Crippen LogP contribution < -0.4 is 0 Å². The first kappa shape index (κ1) is 28.5. The highest BCUT2D eigenvalue weighted by molar-refractivity contribution is 5.73. The van der Waals surface area contributed by atoms with Crippen LogP contribution in [-0.2, 0) is 18.8 Å². The van der Waals surface area contributed by atoms with Crippen molar-refractivity contribution >= 4 is 18.2 Å². The van der Waals surface area contributed by atoms with Crippen molar-refractivity contribution in [3.05, 3.63) is 12.2 Å². The number of esters is 1. The van der Waals surface area contributed by atoms with Gasteiger partial charge in [-0.15, -0.1) is 0 Å². The summed E-state index contributed by atoms with van der Waals surface area (Å²) in [6.45, 7) is 4.47. The van der Waals surface area contributed by atoms with Crippen molar-refractivity contribution in [2.75, 3.05) is 6.61 Å². The molecule has 30 heavy (non-hydrogen) atoms. The van der Waals surface area contributed by atoms with Crippen LogP contribution in [-0.4, -0.2) is 24.8 Å². The molecule has 0 spiro atoms. The monoisotopic (exact) mass is 423 g/mol. The SMILES string of the molecule is CCCCC/C=C\CCCCCCCC(=O)OCC=[O+]C(=O)CCCCCCCC. The van der Waals surface area contributed by atoms with Crippen molar-refractivity contribution in [3.8, 4) is 0 Å². The lowest BCUT2D eigenvalue weighted by Gasteiger charge is -2.01. The number of carbonyl (C=O) groups excluding carboxylic acids is 3. The number of carbonyl (C=O) groups is 2. The topological polar surface area (TPSA) is 54.7 Å². The quantitative estimate of drug-likeness (QED) is 0.0635. The van der Waals surface area contributed by atoms with Crippen LogP contribution in [0.4, 0.5) is 0 Å². The number of hydrogen-bond donors (Lipinski definition) is 0. The maximum Gasteiger partial charge on any atom is 0.579 e. The summed E-state index contributed by atoms with van der Waals surface area (Å²) in [5.41, 5.74) is 0. The van der Waals surface area contributed by atoms with E-state index < -0.39 is 0 Å². The lowest BCUT2D eigenvalue weighted by atomic mass is 10.1. The van der Waals surface area contributed by atoms with Crippen molar-refractivity contribution in [2.45, 2.75) is 129 Å². The maximum atomic E-state index is 11.7. The Balaban J connectivity index is 3.42. The summed E-state index contributed by atoms with van der Waals surface area (Å²) in [5.74, 6) is -0.453. The average Bonchev–Trinajstić information content (AvgIpc) is 2.74. The van der Waals surface area contributed by atoms with E-state index >= 15 is 0 Å². The first-order valence-electron chi connectivity index (χ1n) is 12.5. The van der Waals surface area contributed by atoms with Gasteiger partial charge < -0.3 is 4.74 Å². The fourth-order valence-electron chi connectivity index (χ4n) is 3.24. The Labute approximate surface area is 185 Å². The average molecular weight is 424 g/mol. The molecule has 0 bridgehead atoms. The van der Waals surface area contributed by atoms with Crippen molar-refractivity contribution in [1.29, 1.82) is 0 Å². The van der Waals surface area contributed by atoms with Crippen LogP contribution in [0.25, 0.3) is 0 Å². The molecule has 0 aromatic rings. The lowest BCUT2D eigenvalue weighted by Crippen LogP contribution is -2.08. The summed E-state index contributed by atoms with van der Waals surface area (Å²) in [7, 11) is 0. The normalized spacial score (nSPS) is 11.5. The molecule has 0 aromatic carbocycles. The lowest BCUT2D eigenvalue weighted by molar-refractivity contribution is -0.375. The Kier molecular flexibility index (Phi) is 22.7. The Bertz CT molecular complexity index is 454. The van der Waals surface area contributed by atoms with Crippen LogP contribution in [0.15, 0.2) is 12.2 Å². The van der Waals surface area contributed by atoms with Gasteiger partial charge in [-0.05, 0) is 38.5 Å². The van der Waals surface area contributed by atoms with Crippen molar-refractivity contribution in [1.82, 2.24) is 0 Å². The van der Waals surface area contributed by atoms with E-state index in [0.29, 0.717) is 12.8 Å². The van der Waals surface area contributed by atoms with E-state index in [1.165, 1.54) is 83.3 Å². The molecular weight excluding hydrogens is 376 g/mol. The summed E-state index contributed by atoms with van der Waals surface area (Å²) in [6, 6.07) is 0. The molecule has 0 heterocycles. The highest BCUT2D eigenvalue weighted by Crippen LogP contribution is 2.09. The molecule has 4 nitrogen and oxygen atoms in total. The number of aldehydes is 1. The molecule has 4 heteroatoms. The molecule has 0 saturated heterocycles. The number of allylic oxidation sites excluding steroid dienone is 2. The van der Waals surface area contributed by atoms with Crippen LogP contribution in [0.1, 0.15) is 129 Å². The smallest absolute Gasteiger partial charge is 0.455 e. The molecule has 0 aliphatic rings. The van der Waals surface area contributed by atoms with E-state index in [1.54, 1.807) is 0 Å². The van der Waals surface area contributed by atoms with Gasteiger partial charge in [-0.3, -0.25) is 9.22 Å². The van der Waals surface area contributed by atoms with Crippen molar-refractivity contribution in [3.63, 3.8) is 0 Å². The highest BCUT2D eigenvalue weighted by atomic mass is 16.5. The number of ether oxygens (including phenoxy) is 1. The molecule has 0 radical (unpaired) electrons. The van der Waals surface area contributed by atoms with Crippen LogP contribution in [0, 0.1) is 0 Å². The minimum absolute atomic E-state index is 0.0473. The zero-order chi connectivity index (χ0) is 22.1. The van der Waals surface area contributed by atoms with Gasteiger partial charge in [-0.25, -0.2) is 0 Å². The number of unbranched alkanes of at least 4 members (excludes halogenated alkanes) is 13.